The van der Waals surface area contributed by atoms with Gasteiger partial charge in [-0.15, -0.1) is 0 Å². The monoisotopic (exact) mass is 611 g/mol. The molecule has 2 aromatic rings. The summed E-state index contributed by atoms with van der Waals surface area (Å²) in [6.07, 6.45) is 1.91. The molecule has 7 nitrogen and oxygen atoms in total. The number of aromatic nitrogens is 1. The minimum atomic E-state index is -4.91. The minimum Gasteiger partial charge on any atom is -0.381 e. The van der Waals surface area contributed by atoms with Crippen molar-refractivity contribution in [3.05, 3.63) is 41.1 Å². The van der Waals surface area contributed by atoms with Crippen LogP contribution in [0.3, 0.4) is 0 Å². The van der Waals surface area contributed by atoms with Gasteiger partial charge in [-0.2, -0.15) is 17.5 Å². The van der Waals surface area contributed by atoms with Crippen LogP contribution in [0, 0.1) is 12.8 Å². The summed E-state index contributed by atoms with van der Waals surface area (Å²) >= 11 is 0. The Kier molecular flexibility index (Phi) is 9.84. The average Bonchev–Trinajstić information content (AvgIpc) is 3.24. The van der Waals surface area contributed by atoms with E-state index in [1.807, 2.05) is 11.5 Å². The number of alkyl halides is 3. The normalized spacial score (nSPS) is 18.0. The van der Waals surface area contributed by atoms with E-state index >= 15 is 0 Å². The van der Waals surface area contributed by atoms with E-state index in [1.54, 1.807) is 33.8 Å². The van der Waals surface area contributed by atoms with Crippen LogP contribution < -0.4 is 5.32 Å². The van der Waals surface area contributed by atoms with E-state index in [-0.39, 0.29) is 24.1 Å². The van der Waals surface area contributed by atoms with Crippen molar-refractivity contribution in [3.63, 3.8) is 0 Å². The molecule has 1 aromatic heterocycles. The molecule has 4 rings (SSSR count). The number of hydrogen-bond donors (Lipinski definition) is 1. The number of sulfonamides is 1. The molecular weight excluding hydrogens is 567 g/mol. The largest absolute Gasteiger partial charge is 0.417 e. The van der Waals surface area contributed by atoms with Crippen LogP contribution in [0.5, 0.6) is 0 Å². The third-order valence-electron chi connectivity index (χ3n) is 8.52. The standard InChI is InChI=1S/C31H44F3N3O4S/c1-6-37(30(3,4)5)42(39,40)28-13-12-23(18-26(28)31(32,33)34)27-19-25(29(38)35-24-14-16-41-17-15-24)21(2)36(27)20-22-10-8-7-9-11-22/h12-13,18-19,22,24H,6-11,14-17,20H2,1-5H3,(H,35,38). The van der Waals surface area contributed by atoms with Crippen LogP contribution in [-0.4, -0.2) is 54.5 Å². The molecule has 11 heteroatoms. The first-order valence-electron chi connectivity index (χ1n) is 15.0. The zero-order chi connectivity index (χ0) is 30.9. The van der Waals surface area contributed by atoms with Crippen molar-refractivity contribution < 1.29 is 31.1 Å². The van der Waals surface area contributed by atoms with Crippen molar-refractivity contribution in [1.29, 1.82) is 0 Å². The molecule has 0 radical (unpaired) electrons. The van der Waals surface area contributed by atoms with E-state index in [0.29, 0.717) is 55.5 Å². The van der Waals surface area contributed by atoms with E-state index in [4.69, 9.17) is 4.74 Å². The van der Waals surface area contributed by atoms with Crippen molar-refractivity contribution in [3.8, 4) is 11.3 Å². The van der Waals surface area contributed by atoms with E-state index in [1.165, 1.54) is 12.5 Å². The number of nitrogens with one attached hydrogen (secondary N) is 1. The van der Waals surface area contributed by atoms with Gasteiger partial charge >= 0.3 is 6.18 Å². The molecule has 1 saturated carbocycles. The predicted octanol–water partition coefficient (Wildman–Crippen LogP) is 6.78. The number of nitrogens with zero attached hydrogens (tertiary/aromatic N) is 2. The molecule has 0 atom stereocenters. The second kappa shape index (κ2) is 12.7. The summed E-state index contributed by atoms with van der Waals surface area (Å²) in [6, 6.07) is 5.06. The van der Waals surface area contributed by atoms with Crippen LogP contribution in [0.1, 0.15) is 94.3 Å². The summed E-state index contributed by atoms with van der Waals surface area (Å²) in [5, 5.41) is 3.07. The molecule has 0 unspecified atom stereocenters. The first-order chi connectivity index (χ1) is 19.6. The molecule has 42 heavy (non-hydrogen) atoms. The Morgan fingerprint density at radius 3 is 2.26 bits per heavy atom. The average molecular weight is 612 g/mol. The lowest BCUT2D eigenvalue weighted by Crippen LogP contribution is -2.45. The Morgan fingerprint density at radius 2 is 1.69 bits per heavy atom. The van der Waals surface area contributed by atoms with Crippen LogP contribution in [0.2, 0.25) is 0 Å². The molecule has 0 bridgehead atoms. The zero-order valence-electron chi connectivity index (χ0n) is 25.3. The highest BCUT2D eigenvalue weighted by Gasteiger charge is 2.42. The lowest BCUT2D eigenvalue weighted by atomic mass is 9.89. The van der Waals surface area contributed by atoms with E-state index in [0.717, 1.165) is 42.1 Å². The van der Waals surface area contributed by atoms with E-state index in [2.05, 4.69) is 5.32 Å². The van der Waals surface area contributed by atoms with Gasteiger partial charge in [0.05, 0.1) is 16.0 Å². The first-order valence-corrected chi connectivity index (χ1v) is 16.4. The Balaban J connectivity index is 1.82. The van der Waals surface area contributed by atoms with Crippen molar-refractivity contribution in [2.24, 2.45) is 5.92 Å². The predicted molar refractivity (Wildman–Crippen MR) is 157 cm³/mol. The maximum absolute atomic E-state index is 14.5. The van der Waals surface area contributed by atoms with Gasteiger partial charge in [0.25, 0.3) is 5.91 Å². The van der Waals surface area contributed by atoms with Gasteiger partial charge < -0.3 is 14.6 Å². The molecule has 1 aliphatic heterocycles. The molecule has 1 aliphatic carbocycles. The fourth-order valence-corrected chi connectivity index (χ4v) is 8.33. The van der Waals surface area contributed by atoms with Gasteiger partial charge in [-0.1, -0.05) is 32.3 Å². The van der Waals surface area contributed by atoms with Crippen LogP contribution >= 0.6 is 0 Å². The lowest BCUT2D eigenvalue weighted by molar-refractivity contribution is -0.139. The summed E-state index contributed by atoms with van der Waals surface area (Å²) in [7, 11) is -4.46. The molecular formula is C31H44F3N3O4S. The van der Waals surface area contributed by atoms with Crippen LogP contribution in [-0.2, 0) is 27.5 Å². The molecule has 1 aromatic carbocycles. The number of benzene rings is 1. The molecule has 1 N–H and O–H groups in total. The number of amides is 1. The molecule has 234 valence electrons. The first kappa shape index (κ1) is 32.5. The highest BCUT2D eigenvalue weighted by atomic mass is 32.2. The molecule has 2 heterocycles. The Labute approximate surface area is 247 Å². The van der Waals surface area contributed by atoms with Gasteiger partial charge in [-0.3, -0.25) is 4.79 Å². The SMILES string of the molecule is CCN(C(C)(C)C)S(=O)(=O)c1ccc(-c2cc(C(=O)NC3CCOCC3)c(C)n2CC2CCCCC2)cc1C(F)(F)F. The maximum Gasteiger partial charge on any atom is 0.417 e. The second-order valence-corrected chi connectivity index (χ2v) is 14.4. The van der Waals surface area contributed by atoms with E-state index in [9.17, 15) is 26.4 Å². The molecule has 1 amide bonds. The van der Waals surface area contributed by atoms with Gasteiger partial charge in [-0.05, 0) is 83.1 Å². The fraction of sp³-hybridized carbons (Fsp3) is 0.645. The van der Waals surface area contributed by atoms with Crippen molar-refractivity contribution in [1.82, 2.24) is 14.2 Å². The number of hydrogen-bond acceptors (Lipinski definition) is 4. The number of carbonyl (C=O) groups excluding carboxylic acids is 1. The van der Waals surface area contributed by atoms with Gasteiger partial charge in [0.1, 0.15) is 0 Å². The van der Waals surface area contributed by atoms with Crippen molar-refractivity contribution in [2.45, 2.75) is 109 Å². The van der Waals surface area contributed by atoms with Crippen LogP contribution in [0.15, 0.2) is 29.2 Å². The quantitative estimate of drug-likeness (QED) is 0.357. The van der Waals surface area contributed by atoms with Gasteiger partial charge in [0.2, 0.25) is 10.0 Å². The van der Waals surface area contributed by atoms with Crippen molar-refractivity contribution in [2.75, 3.05) is 19.8 Å². The highest BCUT2D eigenvalue weighted by molar-refractivity contribution is 7.89. The molecule has 2 fully saturated rings. The van der Waals surface area contributed by atoms with Crippen LogP contribution in [0.4, 0.5) is 13.2 Å². The van der Waals surface area contributed by atoms with Crippen LogP contribution in [0.25, 0.3) is 11.3 Å². The Bertz CT molecular complexity index is 1370. The molecule has 0 spiro atoms. The molecule has 1 saturated heterocycles. The number of ether oxygens (including phenoxy) is 1. The Morgan fingerprint density at radius 1 is 1.05 bits per heavy atom. The Hall–Kier alpha value is -2.37. The third kappa shape index (κ3) is 7.05. The lowest BCUT2D eigenvalue weighted by Gasteiger charge is -2.34. The summed E-state index contributed by atoms with van der Waals surface area (Å²) in [5.41, 5.74) is -0.304. The summed E-state index contributed by atoms with van der Waals surface area (Å²) in [6.45, 7) is 10.2. The highest BCUT2D eigenvalue weighted by Crippen LogP contribution is 2.40. The topological polar surface area (TPSA) is 80.6 Å². The fourth-order valence-electron chi connectivity index (χ4n) is 6.34. The molecule has 2 aliphatic rings. The van der Waals surface area contributed by atoms with Gasteiger partial charge in [0, 0.05) is 49.3 Å². The maximum atomic E-state index is 14.5. The van der Waals surface area contributed by atoms with Crippen molar-refractivity contribution >= 4 is 15.9 Å². The minimum absolute atomic E-state index is 0.0264. The van der Waals surface area contributed by atoms with Gasteiger partial charge in [-0.25, -0.2) is 8.42 Å². The number of halogens is 3. The summed E-state index contributed by atoms with van der Waals surface area (Å²) in [5.74, 6) is 0.0868. The zero-order valence-corrected chi connectivity index (χ0v) is 26.1. The summed E-state index contributed by atoms with van der Waals surface area (Å²) in [4.78, 5) is 12.6. The summed E-state index contributed by atoms with van der Waals surface area (Å²) < 4.78 is 79.1. The van der Waals surface area contributed by atoms with Gasteiger partial charge in [0.15, 0.2) is 0 Å². The second-order valence-electron chi connectivity index (χ2n) is 12.6. The number of rotatable bonds is 8. The van der Waals surface area contributed by atoms with E-state index < -0.39 is 32.2 Å². The third-order valence-corrected chi connectivity index (χ3v) is 10.8. The number of carbonyl (C=O) groups is 1. The smallest absolute Gasteiger partial charge is 0.381 e.